The first kappa shape index (κ1) is 19.9. The maximum Gasteiger partial charge on any atom is 0.257 e. The van der Waals surface area contributed by atoms with Crippen LogP contribution in [0.25, 0.3) is 0 Å². The third kappa shape index (κ3) is 5.82. The summed E-state index contributed by atoms with van der Waals surface area (Å²) in [4.78, 5) is 23.9. The molecule has 0 unspecified atom stereocenters. The van der Waals surface area contributed by atoms with Gasteiger partial charge in [-0.3, -0.25) is 9.59 Å². The maximum absolute atomic E-state index is 12.2. The second-order valence-corrected chi connectivity index (χ2v) is 8.67. The van der Waals surface area contributed by atoms with Gasteiger partial charge in [-0.15, -0.1) is 0 Å². The Bertz CT molecular complexity index is 940. The number of rotatable bonds is 9. The summed E-state index contributed by atoms with van der Waals surface area (Å²) in [7, 11) is -3.44. The molecular weight excluding hydrogens is 380 g/mol. The number of anilines is 1. The van der Waals surface area contributed by atoms with Crippen molar-refractivity contribution in [3.05, 3.63) is 54.6 Å². The molecule has 148 valence electrons. The Morgan fingerprint density at radius 3 is 2.50 bits per heavy atom. The first-order valence-corrected chi connectivity index (χ1v) is 10.7. The number of amides is 2. The van der Waals surface area contributed by atoms with Crippen molar-refractivity contribution in [2.24, 2.45) is 5.92 Å². The zero-order chi connectivity index (χ0) is 20.0. The normalized spacial score (nSPS) is 13.6. The molecule has 28 heavy (non-hydrogen) atoms. The number of sulfone groups is 1. The molecule has 0 aromatic heterocycles. The fourth-order valence-corrected chi connectivity index (χ4v) is 3.70. The van der Waals surface area contributed by atoms with Gasteiger partial charge in [-0.05, 0) is 37.1 Å². The third-order valence-corrected chi connectivity index (χ3v) is 5.95. The van der Waals surface area contributed by atoms with E-state index in [1.165, 1.54) is 12.1 Å². The molecule has 1 fully saturated rings. The van der Waals surface area contributed by atoms with Crippen LogP contribution in [0, 0.1) is 5.92 Å². The van der Waals surface area contributed by atoms with Crippen LogP contribution in [-0.2, 0) is 19.4 Å². The SMILES string of the molecule is O=C(COc1cccc(NC(=O)C2CC2)c1)NCCS(=O)(=O)c1ccccc1. The lowest BCUT2D eigenvalue weighted by Gasteiger charge is -2.10. The van der Waals surface area contributed by atoms with E-state index in [4.69, 9.17) is 4.74 Å². The summed E-state index contributed by atoms with van der Waals surface area (Å²) < 4.78 is 29.7. The summed E-state index contributed by atoms with van der Waals surface area (Å²) in [5.74, 6) is -0.0702. The van der Waals surface area contributed by atoms with Gasteiger partial charge >= 0.3 is 0 Å². The lowest BCUT2D eigenvalue weighted by Crippen LogP contribution is -2.32. The van der Waals surface area contributed by atoms with Crippen molar-refractivity contribution in [1.29, 1.82) is 0 Å². The zero-order valence-corrected chi connectivity index (χ0v) is 16.1. The highest BCUT2D eigenvalue weighted by Gasteiger charge is 2.29. The predicted molar refractivity (Wildman–Crippen MR) is 105 cm³/mol. The number of carbonyl (C=O) groups excluding carboxylic acids is 2. The molecule has 0 bridgehead atoms. The van der Waals surface area contributed by atoms with Crippen LogP contribution in [0.15, 0.2) is 59.5 Å². The van der Waals surface area contributed by atoms with Gasteiger partial charge < -0.3 is 15.4 Å². The molecule has 1 aliphatic rings. The molecule has 2 aromatic rings. The van der Waals surface area contributed by atoms with Gasteiger partial charge in [0.2, 0.25) is 5.91 Å². The minimum absolute atomic E-state index is 0.00307. The monoisotopic (exact) mass is 402 g/mol. The minimum atomic E-state index is -3.44. The van der Waals surface area contributed by atoms with Crippen molar-refractivity contribution >= 4 is 27.3 Å². The van der Waals surface area contributed by atoms with Gasteiger partial charge in [-0.1, -0.05) is 24.3 Å². The minimum Gasteiger partial charge on any atom is -0.484 e. The second kappa shape index (κ2) is 8.88. The molecule has 1 aliphatic carbocycles. The molecule has 1 saturated carbocycles. The van der Waals surface area contributed by atoms with Crippen molar-refractivity contribution in [2.45, 2.75) is 17.7 Å². The summed E-state index contributed by atoms with van der Waals surface area (Å²) in [6.45, 7) is -0.248. The molecular formula is C20H22N2O5S. The van der Waals surface area contributed by atoms with Gasteiger partial charge in [0.25, 0.3) is 5.91 Å². The van der Waals surface area contributed by atoms with Gasteiger partial charge in [-0.2, -0.15) is 0 Å². The van der Waals surface area contributed by atoms with E-state index in [9.17, 15) is 18.0 Å². The standard InChI is InChI=1S/C20H22N2O5S/c23-19(21-11-12-28(25,26)18-7-2-1-3-8-18)14-27-17-6-4-5-16(13-17)22-20(24)15-9-10-15/h1-8,13,15H,9-12,14H2,(H,21,23)(H,22,24). The van der Waals surface area contributed by atoms with Gasteiger partial charge in [0.15, 0.2) is 16.4 Å². The van der Waals surface area contributed by atoms with Crippen LogP contribution in [0.1, 0.15) is 12.8 Å². The summed E-state index contributed by atoms with van der Waals surface area (Å²) in [6.07, 6.45) is 1.84. The third-order valence-electron chi connectivity index (χ3n) is 4.21. The van der Waals surface area contributed by atoms with E-state index in [1.54, 1.807) is 42.5 Å². The molecule has 0 spiro atoms. The Hall–Kier alpha value is -2.87. The number of hydrogen-bond acceptors (Lipinski definition) is 5. The fraction of sp³-hybridized carbons (Fsp3) is 0.300. The van der Waals surface area contributed by atoms with E-state index in [0.29, 0.717) is 11.4 Å². The number of benzene rings is 2. The Morgan fingerprint density at radius 1 is 1.04 bits per heavy atom. The zero-order valence-electron chi connectivity index (χ0n) is 15.3. The second-order valence-electron chi connectivity index (χ2n) is 6.56. The van der Waals surface area contributed by atoms with Crippen LogP contribution in [-0.4, -0.2) is 39.1 Å². The van der Waals surface area contributed by atoms with E-state index in [2.05, 4.69) is 10.6 Å². The average molecular weight is 402 g/mol. The molecule has 2 aromatic carbocycles. The lowest BCUT2D eigenvalue weighted by atomic mass is 10.3. The Labute approximate surface area is 164 Å². The molecule has 8 heteroatoms. The van der Waals surface area contributed by atoms with E-state index >= 15 is 0 Å². The highest BCUT2D eigenvalue weighted by Crippen LogP contribution is 2.30. The van der Waals surface area contributed by atoms with E-state index in [1.807, 2.05) is 0 Å². The van der Waals surface area contributed by atoms with Crippen molar-refractivity contribution in [3.8, 4) is 5.75 Å². The first-order valence-electron chi connectivity index (χ1n) is 9.02. The largest absolute Gasteiger partial charge is 0.484 e. The van der Waals surface area contributed by atoms with Crippen molar-refractivity contribution in [1.82, 2.24) is 5.32 Å². The highest BCUT2D eigenvalue weighted by atomic mass is 32.2. The fourth-order valence-electron chi connectivity index (χ4n) is 2.52. The van der Waals surface area contributed by atoms with Crippen LogP contribution < -0.4 is 15.4 Å². The topological polar surface area (TPSA) is 102 Å². The maximum atomic E-state index is 12.2. The number of hydrogen-bond donors (Lipinski definition) is 2. The molecule has 0 heterocycles. The Balaban J connectivity index is 1.42. The lowest BCUT2D eigenvalue weighted by molar-refractivity contribution is -0.123. The smallest absolute Gasteiger partial charge is 0.257 e. The molecule has 0 aliphatic heterocycles. The van der Waals surface area contributed by atoms with Crippen molar-refractivity contribution in [3.63, 3.8) is 0 Å². The van der Waals surface area contributed by atoms with Crippen LogP contribution >= 0.6 is 0 Å². The predicted octanol–water partition coefficient (Wildman–Crippen LogP) is 2.00. The quantitative estimate of drug-likeness (QED) is 0.668. The molecule has 2 amide bonds. The van der Waals surface area contributed by atoms with Crippen molar-refractivity contribution in [2.75, 3.05) is 24.2 Å². The van der Waals surface area contributed by atoms with Gasteiger partial charge in [0.05, 0.1) is 10.6 Å². The molecule has 0 atom stereocenters. The van der Waals surface area contributed by atoms with Crippen molar-refractivity contribution < 1.29 is 22.7 Å². The number of carbonyl (C=O) groups is 2. The molecule has 7 nitrogen and oxygen atoms in total. The molecule has 3 rings (SSSR count). The summed E-state index contributed by atoms with van der Waals surface area (Å²) >= 11 is 0. The Morgan fingerprint density at radius 2 is 1.79 bits per heavy atom. The summed E-state index contributed by atoms with van der Waals surface area (Å²) in [5, 5.41) is 5.35. The molecule has 2 N–H and O–H groups in total. The number of nitrogens with one attached hydrogen (secondary N) is 2. The Kier molecular flexibility index (Phi) is 6.30. The summed E-state index contributed by atoms with van der Waals surface area (Å²) in [6, 6.07) is 14.9. The highest BCUT2D eigenvalue weighted by molar-refractivity contribution is 7.91. The van der Waals surface area contributed by atoms with Crippen LogP contribution in [0.2, 0.25) is 0 Å². The van der Waals surface area contributed by atoms with Crippen LogP contribution in [0.5, 0.6) is 5.75 Å². The average Bonchev–Trinajstić information content (AvgIpc) is 3.53. The van der Waals surface area contributed by atoms with E-state index in [-0.39, 0.29) is 35.6 Å². The van der Waals surface area contributed by atoms with Crippen LogP contribution in [0.4, 0.5) is 5.69 Å². The van der Waals surface area contributed by atoms with Gasteiger partial charge in [0.1, 0.15) is 5.75 Å². The number of ether oxygens (including phenoxy) is 1. The van der Waals surface area contributed by atoms with Crippen LogP contribution in [0.3, 0.4) is 0 Å². The first-order chi connectivity index (χ1) is 13.4. The molecule has 0 radical (unpaired) electrons. The van der Waals surface area contributed by atoms with Gasteiger partial charge in [-0.25, -0.2) is 8.42 Å². The summed E-state index contributed by atoms with van der Waals surface area (Å²) in [5.41, 5.74) is 0.615. The molecule has 0 saturated heterocycles. The van der Waals surface area contributed by atoms with Gasteiger partial charge in [0, 0.05) is 24.2 Å². The van der Waals surface area contributed by atoms with E-state index in [0.717, 1.165) is 12.8 Å². The van der Waals surface area contributed by atoms with E-state index < -0.39 is 15.7 Å².